The lowest BCUT2D eigenvalue weighted by Gasteiger charge is -2.18. The minimum absolute atomic E-state index is 0.125. The van der Waals surface area contributed by atoms with Gasteiger partial charge in [0.15, 0.2) is 11.5 Å². The van der Waals surface area contributed by atoms with Crippen molar-refractivity contribution >= 4 is 11.8 Å². The summed E-state index contributed by atoms with van der Waals surface area (Å²) in [6.45, 7) is 7.32. The van der Waals surface area contributed by atoms with E-state index in [0.29, 0.717) is 13.2 Å². The van der Waals surface area contributed by atoms with E-state index in [4.69, 9.17) is 15.3 Å². The topological polar surface area (TPSA) is 56.5 Å². The highest BCUT2D eigenvalue weighted by molar-refractivity contribution is 7.99. The number of thioether (sulfide) groups is 1. The van der Waals surface area contributed by atoms with Crippen LogP contribution in [0.2, 0.25) is 0 Å². The Hall–Kier alpha value is -0.910. The minimum Gasteiger partial charge on any atom is -0.490 e. The summed E-state index contributed by atoms with van der Waals surface area (Å²) in [5.74, 6) is 9.21. The van der Waals surface area contributed by atoms with Crippen LogP contribution >= 0.6 is 11.8 Å². The first-order chi connectivity index (χ1) is 9.26. The van der Waals surface area contributed by atoms with E-state index >= 15 is 0 Å². The fourth-order valence-corrected chi connectivity index (χ4v) is 2.52. The Morgan fingerprint density at radius 1 is 1.16 bits per heavy atom. The van der Waals surface area contributed by atoms with Gasteiger partial charge in [-0.05, 0) is 37.3 Å². The molecule has 0 heterocycles. The lowest BCUT2D eigenvalue weighted by atomic mass is 10.1. The molecular weight excluding hydrogens is 260 g/mol. The number of ether oxygens (including phenoxy) is 2. The number of hydrazine groups is 1. The van der Waals surface area contributed by atoms with Crippen molar-refractivity contribution in [3.05, 3.63) is 23.8 Å². The third-order valence-corrected chi connectivity index (χ3v) is 3.64. The van der Waals surface area contributed by atoms with Crippen LogP contribution in [-0.2, 0) is 0 Å². The lowest BCUT2D eigenvalue weighted by Crippen LogP contribution is -2.29. The second-order valence-corrected chi connectivity index (χ2v) is 5.27. The zero-order chi connectivity index (χ0) is 14.1. The van der Waals surface area contributed by atoms with Gasteiger partial charge in [0.1, 0.15) is 0 Å². The molecule has 0 radical (unpaired) electrons. The molecule has 1 aromatic rings. The van der Waals surface area contributed by atoms with Crippen LogP contribution in [0.15, 0.2) is 18.2 Å². The van der Waals surface area contributed by atoms with E-state index in [1.807, 2.05) is 43.8 Å². The zero-order valence-corrected chi connectivity index (χ0v) is 12.8. The lowest BCUT2D eigenvalue weighted by molar-refractivity contribution is 0.287. The first-order valence-corrected chi connectivity index (χ1v) is 7.85. The first kappa shape index (κ1) is 16.1. The van der Waals surface area contributed by atoms with Gasteiger partial charge in [-0.2, -0.15) is 11.8 Å². The molecule has 0 amide bonds. The van der Waals surface area contributed by atoms with E-state index in [9.17, 15) is 0 Å². The van der Waals surface area contributed by atoms with Crippen LogP contribution in [-0.4, -0.2) is 24.7 Å². The highest BCUT2D eigenvalue weighted by atomic mass is 32.2. The predicted octanol–water partition coefficient (Wildman–Crippen LogP) is 2.74. The second kappa shape index (κ2) is 9.07. The maximum atomic E-state index is 5.63. The molecule has 1 aromatic carbocycles. The highest BCUT2D eigenvalue weighted by Gasteiger charge is 2.13. The Balaban J connectivity index is 2.91. The van der Waals surface area contributed by atoms with Gasteiger partial charge in [-0.15, -0.1) is 0 Å². The molecule has 1 atom stereocenters. The monoisotopic (exact) mass is 284 g/mol. The summed E-state index contributed by atoms with van der Waals surface area (Å²) < 4.78 is 11.2. The molecule has 0 aromatic heterocycles. The molecule has 0 saturated carbocycles. The third kappa shape index (κ3) is 4.93. The van der Waals surface area contributed by atoms with Crippen molar-refractivity contribution in [2.45, 2.75) is 26.8 Å². The van der Waals surface area contributed by atoms with E-state index in [1.54, 1.807) is 0 Å². The molecule has 108 valence electrons. The number of nitrogens with two attached hydrogens (primary N) is 1. The van der Waals surface area contributed by atoms with Gasteiger partial charge in [0.25, 0.3) is 0 Å². The quantitative estimate of drug-likeness (QED) is 0.539. The number of hydrogen-bond donors (Lipinski definition) is 2. The number of benzene rings is 1. The van der Waals surface area contributed by atoms with E-state index < -0.39 is 0 Å². The predicted molar refractivity (Wildman–Crippen MR) is 81.8 cm³/mol. The molecule has 0 aliphatic carbocycles. The van der Waals surface area contributed by atoms with Crippen molar-refractivity contribution in [1.82, 2.24) is 5.43 Å². The largest absolute Gasteiger partial charge is 0.490 e. The van der Waals surface area contributed by atoms with Gasteiger partial charge in [0.05, 0.1) is 19.3 Å². The molecule has 0 saturated heterocycles. The summed E-state index contributed by atoms with van der Waals surface area (Å²) in [4.78, 5) is 0. The normalized spacial score (nSPS) is 12.2. The van der Waals surface area contributed by atoms with Crippen molar-refractivity contribution in [3.63, 3.8) is 0 Å². The molecule has 4 nitrogen and oxygen atoms in total. The summed E-state index contributed by atoms with van der Waals surface area (Å²) >= 11 is 1.85. The number of nitrogens with one attached hydrogen (secondary N) is 1. The van der Waals surface area contributed by atoms with Gasteiger partial charge in [0, 0.05) is 5.75 Å². The highest BCUT2D eigenvalue weighted by Crippen LogP contribution is 2.31. The van der Waals surface area contributed by atoms with Crippen molar-refractivity contribution in [2.75, 3.05) is 24.7 Å². The summed E-state index contributed by atoms with van der Waals surface area (Å²) in [7, 11) is 0. The minimum atomic E-state index is 0.125. The summed E-state index contributed by atoms with van der Waals surface area (Å²) in [5.41, 5.74) is 3.98. The van der Waals surface area contributed by atoms with Crippen LogP contribution in [0.25, 0.3) is 0 Å². The van der Waals surface area contributed by atoms with Gasteiger partial charge >= 0.3 is 0 Å². The van der Waals surface area contributed by atoms with Gasteiger partial charge < -0.3 is 9.47 Å². The smallest absolute Gasteiger partial charge is 0.161 e. The Morgan fingerprint density at radius 2 is 1.84 bits per heavy atom. The molecule has 0 aliphatic heterocycles. The van der Waals surface area contributed by atoms with Crippen molar-refractivity contribution in [2.24, 2.45) is 5.84 Å². The Kier molecular flexibility index (Phi) is 7.70. The number of hydrogen-bond acceptors (Lipinski definition) is 5. The fourth-order valence-electron chi connectivity index (χ4n) is 1.76. The van der Waals surface area contributed by atoms with E-state index in [1.165, 1.54) is 0 Å². The van der Waals surface area contributed by atoms with Gasteiger partial charge in [-0.25, -0.2) is 0 Å². The van der Waals surface area contributed by atoms with Crippen LogP contribution in [0, 0.1) is 0 Å². The van der Waals surface area contributed by atoms with E-state index in [0.717, 1.165) is 28.6 Å². The van der Waals surface area contributed by atoms with Crippen LogP contribution < -0.4 is 20.7 Å². The molecule has 19 heavy (non-hydrogen) atoms. The Labute approximate surface area is 120 Å². The molecular formula is C14H24N2O2S. The molecule has 0 spiro atoms. The zero-order valence-electron chi connectivity index (χ0n) is 11.9. The molecule has 0 fully saturated rings. The molecule has 1 rings (SSSR count). The van der Waals surface area contributed by atoms with Crippen LogP contribution in [0.5, 0.6) is 11.5 Å². The average molecular weight is 284 g/mol. The summed E-state index contributed by atoms with van der Waals surface area (Å²) in [6, 6.07) is 6.12. The average Bonchev–Trinajstić information content (AvgIpc) is 2.43. The SMILES string of the molecule is CCOc1ccc(C(CSCC)NN)cc1OCC. The van der Waals surface area contributed by atoms with Crippen molar-refractivity contribution < 1.29 is 9.47 Å². The maximum absolute atomic E-state index is 5.63. The van der Waals surface area contributed by atoms with Gasteiger partial charge in [-0.3, -0.25) is 11.3 Å². The first-order valence-electron chi connectivity index (χ1n) is 6.70. The molecule has 3 N–H and O–H groups in total. The van der Waals surface area contributed by atoms with E-state index in [2.05, 4.69) is 12.3 Å². The Morgan fingerprint density at radius 3 is 2.42 bits per heavy atom. The van der Waals surface area contributed by atoms with Gasteiger partial charge in [-0.1, -0.05) is 13.0 Å². The van der Waals surface area contributed by atoms with Crippen molar-refractivity contribution in [3.8, 4) is 11.5 Å². The second-order valence-electron chi connectivity index (χ2n) is 3.95. The Bertz CT molecular complexity index is 374. The van der Waals surface area contributed by atoms with Crippen LogP contribution in [0.4, 0.5) is 0 Å². The van der Waals surface area contributed by atoms with Gasteiger partial charge in [0.2, 0.25) is 0 Å². The fraction of sp³-hybridized carbons (Fsp3) is 0.571. The molecule has 0 aliphatic rings. The number of rotatable bonds is 9. The summed E-state index contributed by atoms with van der Waals surface area (Å²) in [6.07, 6.45) is 0. The van der Waals surface area contributed by atoms with Crippen LogP contribution in [0.1, 0.15) is 32.4 Å². The molecule has 1 unspecified atom stereocenters. The summed E-state index contributed by atoms with van der Waals surface area (Å²) in [5, 5.41) is 0. The van der Waals surface area contributed by atoms with Crippen molar-refractivity contribution in [1.29, 1.82) is 0 Å². The standard InChI is InChI=1S/C14H24N2O2S/c1-4-17-13-8-7-11(9-14(13)18-5-2)12(16-15)10-19-6-3/h7-9,12,16H,4-6,10,15H2,1-3H3. The maximum Gasteiger partial charge on any atom is 0.161 e. The molecule has 5 heteroatoms. The van der Waals surface area contributed by atoms with E-state index in [-0.39, 0.29) is 6.04 Å². The third-order valence-electron chi connectivity index (χ3n) is 2.66. The van der Waals surface area contributed by atoms with Crippen LogP contribution in [0.3, 0.4) is 0 Å². The molecule has 0 bridgehead atoms.